The number of halogens is 5. The Balaban J connectivity index is 0.747. The zero-order chi connectivity index (χ0) is 53.1. The topological polar surface area (TPSA) is 77.6 Å². The molecule has 2 unspecified atom stereocenters. The first-order valence-electron chi connectivity index (χ1n) is 27.4. The Kier molecular flexibility index (Phi) is 14.9. The summed E-state index contributed by atoms with van der Waals surface area (Å²) in [4.78, 5) is 6.91. The number of benzene rings is 4. The zero-order valence-electron chi connectivity index (χ0n) is 44.5. The number of aromatic nitrogens is 2. The fraction of sp³-hybridized carbons (Fsp3) is 0.468. The van der Waals surface area contributed by atoms with E-state index in [1.54, 1.807) is 25.2 Å². The molecule has 4 heterocycles. The quantitative estimate of drug-likeness (QED) is 0.0957. The summed E-state index contributed by atoms with van der Waals surface area (Å²) in [5.41, 5.74) is 13.3. The van der Waals surface area contributed by atoms with Crippen LogP contribution >= 0.6 is 11.6 Å². The van der Waals surface area contributed by atoms with Gasteiger partial charge >= 0.3 is 0 Å². The first-order valence-corrected chi connectivity index (χ1v) is 27.8. The fourth-order valence-corrected chi connectivity index (χ4v) is 14.1. The number of hydrogen-bond acceptors (Lipinski definition) is 7. The Hall–Kier alpha value is -5.56. The minimum atomic E-state index is -0.564. The number of anilines is 1. The Bertz CT molecular complexity index is 3030. The lowest BCUT2D eigenvalue weighted by Gasteiger charge is -2.46. The molecule has 10 rings (SSSR count). The highest BCUT2D eigenvalue weighted by Crippen LogP contribution is 2.55. The van der Waals surface area contributed by atoms with Gasteiger partial charge in [0.1, 0.15) is 28.8 Å². The van der Waals surface area contributed by atoms with E-state index in [9.17, 15) is 0 Å². The molecule has 0 radical (unpaired) electrons. The molecular formula is C62H75ClF4N8. The third-order valence-corrected chi connectivity index (χ3v) is 18.6. The van der Waals surface area contributed by atoms with E-state index in [0.717, 1.165) is 100 Å². The SMILES string of the molecule is C=C1CCN(c2nn(C)c3c(F)c(C4CCN(CC5(C)CCN(C(=C)C6CCC(NCC7(c8ccccc8)Cc8cc(F)c(Cl)c(-c9c(C(=C)N)ccc(CCC)c9F)c8C7C)CC6)CC5)CC4)c(F)cc23)C(=C)N1. The second kappa shape index (κ2) is 21.1. The Morgan fingerprint density at radius 2 is 1.59 bits per heavy atom. The third kappa shape index (κ3) is 9.82. The first-order chi connectivity index (χ1) is 35.9. The molecule has 1 aromatic heterocycles. The molecular weight excluding hydrogens is 968 g/mol. The van der Waals surface area contributed by atoms with Crippen molar-refractivity contribution < 1.29 is 17.6 Å². The summed E-state index contributed by atoms with van der Waals surface area (Å²) in [5.74, 6) is -0.820. The Labute approximate surface area is 446 Å². The van der Waals surface area contributed by atoms with Crippen molar-refractivity contribution in [3.05, 3.63) is 160 Å². The van der Waals surface area contributed by atoms with E-state index in [0.29, 0.717) is 96.4 Å². The average Bonchev–Trinajstić information content (AvgIpc) is 3.87. The van der Waals surface area contributed by atoms with Crippen LogP contribution in [-0.4, -0.2) is 71.4 Å². The number of hydrogen-bond donors (Lipinski definition) is 3. The molecule has 0 amide bonds. The minimum absolute atomic E-state index is 0.0881. The van der Waals surface area contributed by atoms with Crippen LogP contribution in [0.25, 0.3) is 27.7 Å². The maximum absolute atomic E-state index is 16.7. The van der Waals surface area contributed by atoms with Gasteiger partial charge in [0, 0.05) is 97.0 Å². The van der Waals surface area contributed by atoms with Gasteiger partial charge in [-0.25, -0.2) is 17.6 Å². The van der Waals surface area contributed by atoms with Crippen LogP contribution in [0, 0.1) is 34.6 Å². The fourth-order valence-electron chi connectivity index (χ4n) is 13.9. The van der Waals surface area contributed by atoms with Crippen LogP contribution in [0.15, 0.2) is 98.1 Å². The number of likely N-dealkylation sites (tertiary alicyclic amines) is 2. The van der Waals surface area contributed by atoms with Gasteiger partial charge in [-0.05, 0) is 135 Å². The molecule has 5 aromatic rings. The number of nitrogens with zero attached hydrogens (tertiary/aromatic N) is 5. The molecule has 0 spiro atoms. The van der Waals surface area contributed by atoms with Crippen molar-refractivity contribution in [2.75, 3.05) is 50.7 Å². The molecule has 4 fully saturated rings. The molecule has 5 aliphatic rings. The van der Waals surface area contributed by atoms with Crippen molar-refractivity contribution in [3.63, 3.8) is 0 Å². The zero-order valence-corrected chi connectivity index (χ0v) is 45.2. The van der Waals surface area contributed by atoms with Crippen LogP contribution < -0.4 is 21.3 Å². The number of nitrogens with one attached hydrogen (secondary N) is 2. The van der Waals surface area contributed by atoms with Gasteiger partial charge in [-0.15, -0.1) is 0 Å². The molecule has 0 bridgehead atoms. The van der Waals surface area contributed by atoms with Crippen molar-refractivity contribution >= 4 is 34.0 Å². The minimum Gasteiger partial charge on any atom is -0.399 e. The van der Waals surface area contributed by atoms with Gasteiger partial charge < -0.3 is 31.1 Å². The van der Waals surface area contributed by atoms with Crippen LogP contribution in [-0.2, 0) is 25.3 Å². The second-order valence-corrected chi connectivity index (χ2v) is 23.4. The van der Waals surface area contributed by atoms with Gasteiger partial charge in [0.05, 0.1) is 10.4 Å². The van der Waals surface area contributed by atoms with Crippen molar-refractivity contribution in [1.82, 2.24) is 30.2 Å². The molecule has 398 valence electrons. The largest absolute Gasteiger partial charge is 0.399 e. The van der Waals surface area contributed by atoms with Gasteiger partial charge in [-0.1, -0.05) is 108 Å². The lowest BCUT2D eigenvalue weighted by Crippen LogP contribution is -2.47. The molecule has 4 aromatic carbocycles. The molecule has 1 saturated carbocycles. The van der Waals surface area contributed by atoms with Gasteiger partial charge in [-0.3, -0.25) is 4.68 Å². The monoisotopic (exact) mass is 1040 g/mol. The van der Waals surface area contributed by atoms with E-state index in [1.807, 2.05) is 17.9 Å². The van der Waals surface area contributed by atoms with Crippen molar-refractivity contribution in [2.45, 2.75) is 121 Å². The van der Waals surface area contributed by atoms with E-state index < -0.39 is 28.7 Å². The van der Waals surface area contributed by atoms with Crippen molar-refractivity contribution in [2.24, 2.45) is 24.1 Å². The van der Waals surface area contributed by atoms with Crippen LogP contribution in [0.2, 0.25) is 5.02 Å². The summed E-state index contributed by atoms with van der Waals surface area (Å²) in [5, 5.41) is 12.2. The van der Waals surface area contributed by atoms with Crippen LogP contribution in [0.1, 0.15) is 130 Å². The lowest BCUT2D eigenvalue weighted by molar-refractivity contribution is 0.0705. The third-order valence-electron chi connectivity index (χ3n) is 18.3. The van der Waals surface area contributed by atoms with Crippen molar-refractivity contribution in [1.29, 1.82) is 0 Å². The molecule has 3 saturated heterocycles. The van der Waals surface area contributed by atoms with Crippen LogP contribution in [0.5, 0.6) is 0 Å². The number of fused-ring (bicyclic) bond motifs is 2. The van der Waals surface area contributed by atoms with Crippen LogP contribution in [0.3, 0.4) is 0 Å². The molecule has 13 heteroatoms. The summed E-state index contributed by atoms with van der Waals surface area (Å²) in [6.45, 7) is 29.2. The highest BCUT2D eigenvalue weighted by Gasteiger charge is 2.48. The summed E-state index contributed by atoms with van der Waals surface area (Å²) in [6, 6.07) is 17.4. The first kappa shape index (κ1) is 52.9. The van der Waals surface area contributed by atoms with E-state index in [-0.39, 0.29) is 39.1 Å². The summed E-state index contributed by atoms with van der Waals surface area (Å²) < 4.78 is 66.8. The number of piperidine rings is 2. The number of rotatable bonds is 14. The second-order valence-electron chi connectivity index (χ2n) is 23.1. The number of allylic oxidation sites excluding steroid dienone is 1. The molecule has 3 aliphatic heterocycles. The predicted molar refractivity (Wildman–Crippen MR) is 298 cm³/mol. The molecule has 2 atom stereocenters. The van der Waals surface area contributed by atoms with E-state index >= 15 is 17.6 Å². The van der Waals surface area contributed by atoms with E-state index in [2.05, 4.69) is 83.4 Å². The maximum atomic E-state index is 16.7. The van der Waals surface area contributed by atoms with Gasteiger partial charge in [0.15, 0.2) is 11.6 Å². The Morgan fingerprint density at radius 1 is 0.880 bits per heavy atom. The molecule has 75 heavy (non-hydrogen) atoms. The summed E-state index contributed by atoms with van der Waals surface area (Å²) in [6.07, 6.45) is 10.2. The highest BCUT2D eigenvalue weighted by molar-refractivity contribution is 6.34. The maximum Gasteiger partial charge on any atom is 0.164 e. The summed E-state index contributed by atoms with van der Waals surface area (Å²) in [7, 11) is 1.72. The molecule has 2 aliphatic carbocycles. The van der Waals surface area contributed by atoms with Crippen molar-refractivity contribution in [3.8, 4) is 11.1 Å². The predicted octanol–water partition coefficient (Wildman–Crippen LogP) is 13.4. The highest BCUT2D eigenvalue weighted by atomic mass is 35.5. The van der Waals surface area contributed by atoms with E-state index in [4.69, 9.17) is 23.9 Å². The van der Waals surface area contributed by atoms with Gasteiger partial charge in [0.2, 0.25) is 0 Å². The average molecular weight is 1040 g/mol. The Morgan fingerprint density at radius 3 is 2.25 bits per heavy atom. The molecule has 4 N–H and O–H groups in total. The normalized spacial score (nSPS) is 23.5. The smallest absolute Gasteiger partial charge is 0.164 e. The van der Waals surface area contributed by atoms with Gasteiger partial charge in [0.25, 0.3) is 0 Å². The number of nitrogens with two attached hydrogens (primary N) is 1. The lowest BCUT2D eigenvalue weighted by atomic mass is 9.70. The summed E-state index contributed by atoms with van der Waals surface area (Å²) >= 11 is 6.94. The van der Waals surface area contributed by atoms with Crippen LogP contribution in [0.4, 0.5) is 23.4 Å². The van der Waals surface area contributed by atoms with Gasteiger partial charge in [-0.2, -0.15) is 5.10 Å². The number of aryl methyl sites for hydroxylation is 2. The van der Waals surface area contributed by atoms with E-state index in [1.165, 1.54) is 16.4 Å². The molecule has 8 nitrogen and oxygen atoms in total. The standard InChI is InChI=1S/C62H75ClF4N8/c1-9-13-44-18-21-48(39(4)68)54(57(44)66)55-52-38(3)62(46-14-11-10-12-15-46,34-45(52)32-51(65)56(55)63)35-69-47-19-16-42(17-20-47)40(5)74-30-25-61(7,26-31-74)36-73-27-23-43(24-28-73)53-50(64)33-49-59(58(53)67)72(8)71-60(49)75-29-22-37(2)70-41(75)6/h10-12,14-15,18,21,32-33,38,42-43,47,69-70H,2,4-6,9,13,16-17,19-20,22-31,34-36,68H2,1,3,7-8H3.